The number of ketones is 2. The zero-order valence-electron chi connectivity index (χ0n) is 25.8. The van der Waals surface area contributed by atoms with Gasteiger partial charge in [0.05, 0.1) is 25.4 Å². The highest BCUT2D eigenvalue weighted by molar-refractivity contribution is 6.74. The van der Waals surface area contributed by atoms with Crippen molar-refractivity contribution in [2.75, 3.05) is 13.2 Å². The molecule has 39 heavy (non-hydrogen) atoms. The number of aliphatic hydroxyl groups is 1. The second kappa shape index (κ2) is 21.7. The molecule has 0 aromatic heterocycles. The van der Waals surface area contributed by atoms with Crippen molar-refractivity contribution >= 4 is 31.8 Å². The van der Waals surface area contributed by atoms with E-state index in [1.54, 1.807) is 19.9 Å². The summed E-state index contributed by atoms with van der Waals surface area (Å²) in [5.41, 5.74) is 0. The Hall–Kier alpha value is -2.10. The van der Waals surface area contributed by atoms with Crippen LogP contribution >= 0.6 is 0 Å². The van der Waals surface area contributed by atoms with Gasteiger partial charge in [0.2, 0.25) is 0 Å². The summed E-state index contributed by atoms with van der Waals surface area (Å²) >= 11 is 0. The van der Waals surface area contributed by atoms with Gasteiger partial charge in [-0.1, -0.05) is 39.3 Å². The fourth-order valence-electron chi connectivity index (χ4n) is 3.04. The molecule has 0 aliphatic rings. The molecule has 0 rings (SSSR count). The van der Waals surface area contributed by atoms with Crippen LogP contribution in [0.15, 0.2) is 24.3 Å². The lowest BCUT2D eigenvalue weighted by Crippen LogP contribution is -2.43. The third kappa shape index (κ3) is 23.5. The lowest BCUT2D eigenvalue weighted by Gasteiger charge is -2.38. The van der Waals surface area contributed by atoms with Crippen LogP contribution in [-0.4, -0.2) is 62.4 Å². The first-order valence-electron chi connectivity index (χ1n) is 14.1. The van der Waals surface area contributed by atoms with Gasteiger partial charge >= 0.3 is 11.9 Å². The van der Waals surface area contributed by atoms with Gasteiger partial charge in [0.25, 0.3) is 0 Å². The lowest BCUT2D eigenvalue weighted by atomic mass is 10.1. The highest BCUT2D eigenvalue weighted by atomic mass is 28.4. The summed E-state index contributed by atoms with van der Waals surface area (Å²) in [6, 6.07) is 0. The number of carbonyl (C=O) groups is 4. The van der Waals surface area contributed by atoms with Gasteiger partial charge in [0.1, 0.15) is 0 Å². The summed E-state index contributed by atoms with van der Waals surface area (Å²) in [6.07, 6.45) is 10.9. The fourth-order valence-corrected chi connectivity index (χ4v) is 4.35. The van der Waals surface area contributed by atoms with Crippen molar-refractivity contribution in [2.24, 2.45) is 0 Å². The minimum absolute atomic E-state index is 0.0281. The average molecular weight is 571 g/mol. The molecule has 9 heteroatoms. The summed E-state index contributed by atoms with van der Waals surface area (Å²) in [4.78, 5) is 44.1. The average Bonchev–Trinajstić information content (AvgIpc) is 2.81. The second-order valence-corrected chi connectivity index (χ2v) is 15.8. The van der Waals surface area contributed by atoms with Crippen molar-refractivity contribution in [1.29, 1.82) is 0 Å². The van der Waals surface area contributed by atoms with Gasteiger partial charge in [-0.2, -0.15) is 0 Å². The van der Waals surface area contributed by atoms with Gasteiger partial charge in [-0.3, -0.25) is 19.2 Å². The van der Waals surface area contributed by atoms with Crippen LogP contribution in [0.2, 0.25) is 18.1 Å². The number of esters is 2. The molecule has 0 aromatic rings. The topological polar surface area (TPSA) is 116 Å². The summed E-state index contributed by atoms with van der Waals surface area (Å²) < 4.78 is 16.1. The van der Waals surface area contributed by atoms with Crippen molar-refractivity contribution < 1.29 is 38.2 Å². The number of unbranched alkanes of at least 4 members (excludes halogenated alkanes) is 2. The van der Waals surface area contributed by atoms with Crippen molar-refractivity contribution in [2.45, 2.75) is 130 Å². The molecule has 0 bridgehead atoms. The van der Waals surface area contributed by atoms with Crippen LogP contribution in [0.3, 0.4) is 0 Å². The molecule has 0 aliphatic heterocycles. The Labute approximate surface area is 237 Å². The van der Waals surface area contributed by atoms with Crippen LogP contribution in [-0.2, 0) is 33.1 Å². The predicted molar refractivity (Wildman–Crippen MR) is 158 cm³/mol. The first kappa shape index (κ1) is 39.0. The van der Waals surface area contributed by atoms with Crippen LogP contribution in [0, 0.1) is 0 Å². The van der Waals surface area contributed by atoms with Gasteiger partial charge in [-0.05, 0) is 90.1 Å². The monoisotopic (exact) mass is 570 g/mol. The number of hydrogen-bond donors (Lipinski definition) is 1. The van der Waals surface area contributed by atoms with E-state index in [2.05, 4.69) is 33.9 Å². The van der Waals surface area contributed by atoms with E-state index in [1.165, 1.54) is 19.1 Å². The molecular formula is C30H54O8Si. The maximum absolute atomic E-state index is 11.4. The Morgan fingerprint density at radius 1 is 0.769 bits per heavy atom. The van der Waals surface area contributed by atoms with E-state index >= 15 is 0 Å². The van der Waals surface area contributed by atoms with Gasteiger partial charge in [-0.25, -0.2) is 0 Å². The van der Waals surface area contributed by atoms with Gasteiger partial charge < -0.3 is 19.0 Å². The van der Waals surface area contributed by atoms with E-state index in [1.807, 2.05) is 13.0 Å². The van der Waals surface area contributed by atoms with E-state index in [0.29, 0.717) is 38.9 Å². The maximum Gasteiger partial charge on any atom is 0.305 e. The molecule has 1 N–H and O–H groups in total. The number of aliphatic hydroxyl groups excluding tert-OH is 1. The molecule has 0 radical (unpaired) electrons. The van der Waals surface area contributed by atoms with Gasteiger partial charge in [-0.15, -0.1) is 0 Å². The first-order valence-corrected chi connectivity index (χ1v) is 17.0. The summed E-state index contributed by atoms with van der Waals surface area (Å²) in [7, 11) is -1.89. The summed E-state index contributed by atoms with van der Waals surface area (Å²) in [6.45, 7) is 18.4. The van der Waals surface area contributed by atoms with Crippen molar-refractivity contribution in [3.05, 3.63) is 24.3 Å². The molecule has 0 saturated heterocycles. The number of carbonyl (C=O) groups excluding carboxylic acids is 4. The van der Waals surface area contributed by atoms with E-state index in [0.717, 1.165) is 25.7 Å². The quantitative estimate of drug-likeness (QED) is 0.0888. The smallest absolute Gasteiger partial charge is 0.305 e. The Morgan fingerprint density at radius 2 is 1.21 bits per heavy atom. The van der Waals surface area contributed by atoms with Gasteiger partial charge in [0.15, 0.2) is 19.9 Å². The van der Waals surface area contributed by atoms with Crippen LogP contribution in [0.4, 0.5) is 0 Å². The minimum atomic E-state index is -1.89. The van der Waals surface area contributed by atoms with Crippen molar-refractivity contribution in [3.63, 3.8) is 0 Å². The number of ether oxygens (including phenoxy) is 2. The molecule has 2 unspecified atom stereocenters. The molecule has 8 nitrogen and oxygen atoms in total. The number of allylic oxidation sites excluding steroid dienone is 2. The third-order valence-electron chi connectivity index (χ3n) is 6.21. The van der Waals surface area contributed by atoms with E-state index in [-0.39, 0.29) is 34.6 Å². The van der Waals surface area contributed by atoms with Crippen LogP contribution in [0.1, 0.15) is 99.8 Å². The van der Waals surface area contributed by atoms with Crippen LogP contribution in [0.5, 0.6) is 0 Å². The van der Waals surface area contributed by atoms with Crippen molar-refractivity contribution in [3.8, 4) is 0 Å². The number of rotatable bonds is 18. The Morgan fingerprint density at radius 3 is 1.62 bits per heavy atom. The first-order chi connectivity index (χ1) is 18.0. The third-order valence-corrected chi connectivity index (χ3v) is 10.7. The van der Waals surface area contributed by atoms with Crippen molar-refractivity contribution in [1.82, 2.24) is 0 Å². The van der Waals surface area contributed by atoms with Gasteiger partial charge in [0, 0.05) is 12.8 Å². The Kier molecular flexibility index (Phi) is 21.7. The van der Waals surface area contributed by atoms with E-state index in [9.17, 15) is 24.3 Å². The summed E-state index contributed by atoms with van der Waals surface area (Å²) in [5, 5.41) is 9.54. The molecule has 0 saturated carbocycles. The number of hydrogen-bond acceptors (Lipinski definition) is 8. The maximum atomic E-state index is 11.4. The zero-order chi connectivity index (χ0) is 30.5. The fraction of sp³-hybridized carbons (Fsp3) is 0.733. The molecular weight excluding hydrogens is 516 g/mol. The minimum Gasteiger partial charge on any atom is -0.466 e. The second-order valence-electron chi connectivity index (χ2n) is 11.0. The Bertz CT molecular complexity index is 780. The molecule has 226 valence electrons. The van der Waals surface area contributed by atoms with Crippen LogP contribution in [0.25, 0.3) is 0 Å². The molecule has 0 heterocycles. The predicted octanol–water partition coefficient (Wildman–Crippen LogP) is 6.26. The molecule has 2 atom stereocenters. The highest BCUT2D eigenvalue weighted by Crippen LogP contribution is 2.38. The van der Waals surface area contributed by atoms with Crippen LogP contribution < -0.4 is 0 Å². The van der Waals surface area contributed by atoms with E-state index in [4.69, 9.17) is 13.9 Å². The summed E-state index contributed by atoms with van der Waals surface area (Å²) in [5.74, 6) is -0.393. The van der Waals surface area contributed by atoms with E-state index < -0.39 is 14.4 Å². The molecule has 0 spiro atoms. The molecule has 0 aliphatic carbocycles. The highest BCUT2D eigenvalue weighted by Gasteiger charge is 2.38. The molecule has 0 amide bonds. The normalized spacial score (nSPS) is 13.5. The SMILES string of the molecule is CCOC(=O)CCCCC(/C=C/C(C)=O)O[Si](C)(C)C(C)(C)C.CCOC(=O)CCCCC(O)/C=C/C(C)=O. The largest absolute Gasteiger partial charge is 0.466 e. The molecule has 0 fully saturated rings. The lowest BCUT2D eigenvalue weighted by molar-refractivity contribution is -0.144. The molecule has 0 aromatic carbocycles. The standard InChI is InChI=1S/C18H34O4Si.C12H20O4/c1-8-21-17(20)12-10-9-11-16(14-13-15(2)19)22-23(6,7)18(3,4)5;1-3-16-12(15)7-5-4-6-11(14)9-8-10(2)13/h13-14,16H,8-12H2,1-7H3;8-9,11,14H,3-7H2,1-2H3/b14-13+;9-8+. The Balaban J connectivity index is 0. The zero-order valence-corrected chi connectivity index (χ0v) is 26.8.